The van der Waals surface area contributed by atoms with Crippen molar-refractivity contribution in [3.8, 4) is 11.5 Å². The van der Waals surface area contributed by atoms with Crippen molar-refractivity contribution in [2.45, 2.75) is 26.1 Å². The first kappa shape index (κ1) is 21.8. The van der Waals surface area contributed by atoms with E-state index in [1.807, 2.05) is 30.3 Å². The molecule has 0 heterocycles. The number of benzene rings is 3. The lowest BCUT2D eigenvalue weighted by Gasteiger charge is -2.19. The molecule has 1 atom stereocenters. The molecule has 1 unspecified atom stereocenters. The normalized spacial score (nSPS) is 11.7. The van der Waals surface area contributed by atoms with Crippen molar-refractivity contribution >= 4 is 21.6 Å². The van der Waals surface area contributed by atoms with Gasteiger partial charge in [-0.05, 0) is 42.3 Å². The summed E-state index contributed by atoms with van der Waals surface area (Å²) in [6, 6.07) is 20.5. The van der Waals surface area contributed by atoms with E-state index in [1.165, 1.54) is 17.7 Å². The Morgan fingerprint density at radius 2 is 1.77 bits per heavy atom. The quantitative estimate of drug-likeness (QED) is 0.316. The summed E-state index contributed by atoms with van der Waals surface area (Å²) < 4.78 is 12.5. The van der Waals surface area contributed by atoms with Gasteiger partial charge in [0.1, 0.15) is 6.61 Å². The van der Waals surface area contributed by atoms with E-state index >= 15 is 0 Å². The zero-order valence-corrected chi connectivity index (χ0v) is 18.4. The number of hydrogen-bond donors (Lipinski definition) is 1. The van der Waals surface area contributed by atoms with Crippen LogP contribution in [-0.2, 0) is 13.2 Å². The molecule has 0 radical (unpaired) electrons. The Labute approximate surface area is 184 Å². The minimum Gasteiger partial charge on any atom is -0.493 e. The van der Waals surface area contributed by atoms with Crippen LogP contribution in [0.2, 0.25) is 0 Å². The van der Waals surface area contributed by atoms with Crippen LogP contribution in [-0.4, -0.2) is 12.0 Å². The maximum Gasteiger partial charge on any atom is 0.269 e. The summed E-state index contributed by atoms with van der Waals surface area (Å²) in [5.41, 5.74) is 3.03. The van der Waals surface area contributed by atoms with E-state index in [0.29, 0.717) is 18.0 Å². The first-order chi connectivity index (χ1) is 14.5. The molecule has 30 heavy (non-hydrogen) atoms. The summed E-state index contributed by atoms with van der Waals surface area (Å²) in [6.45, 7) is 2.95. The minimum atomic E-state index is -0.417. The number of ether oxygens (including phenoxy) is 2. The molecule has 0 aliphatic heterocycles. The van der Waals surface area contributed by atoms with Crippen molar-refractivity contribution in [1.29, 1.82) is 0 Å². The third-order valence-corrected chi connectivity index (χ3v) is 5.54. The zero-order valence-electron chi connectivity index (χ0n) is 16.8. The fraction of sp³-hybridized carbons (Fsp3) is 0.217. The molecule has 3 rings (SSSR count). The van der Waals surface area contributed by atoms with Crippen LogP contribution in [0.25, 0.3) is 0 Å². The molecule has 6 nitrogen and oxygen atoms in total. The van der Waals surface area contributed by atoms with E-state index in [-0.39, 0.29) is 18.3 Å². The van der Waals surface area contributed by atoms with Crippen molar-refractivity contribution in [2.24, 2.45) is 0 Å². The summed E-state index contributed by atoms with van der Waals surface area (Å²) in [4.78, 5) is 10.4. The van der Waals surface area contributed by atoms with Crippen LogP contribution in [0.4, 0.5) is 5.69 Å². The van der Waals surface area contributed by atoms with Gasteiger partial charge in [-0.2, -0.15) is 0 Å². The molecule has 0 spiro atoms. The van der Waals surface area contributed by atoms with Crippen LogP contribution in [0.1, 0.15) is 29.7 Å². The number of hydrogen-bond acceptors (Lipinski definition) is 5. The standard InChI is InChI=1S/C23H23BrN2O4/c1-16(18-6-4-3-5-7-18)25-14-20-21(24)12-13-22(29-2)23(20)30-15-17-8-10-19(11-9-17)26(27)28/h3-13,16,25H,14-15H2,1-2H3. The largest absolute Gasteiger partial charge is 0.493 e. The number of nitro benzene ring substituents is 1. The molecule has 156 valence electrons. The molecule has 0 aromatic heterocycles. The second-order valence-electron chi connectivity index (χ2n) is 6.78. The lowest BCUT2D eigenvalue weighted by molar-refractivity contribution is -0.384. The Kier molecular flexibility index (Phi) is 7.43. The van der Waals surface area contributed by atoms with Gasteiger partial charge in [-0.3, -0.25) is 10.1 Å². The van der Waals surface area contributed by atoms with Crippen molar-refractivity contribution in [1.82, 2.24) is 5.32 Å². The molecule has 0 fully saturated rings. The van der Waals surface area contributed by atoms with E-state index < -0.39 is 4.92 Å². The second kappa shape index (κ2) is 10.2. The number of nitrogens with one attached hydrogen (secondary N) is 1. The zero-order chi connectivity index (χ0) is 21.5. The molecule has 7 heteroatoms. The van der Waals surface area contributed by atoms with Gasteiger partial charge in [-0.15, -0.1) is 0 Å². The molecule has 0 saturated heterocycles. The fourth-order valence-corrected chi connectivity index (χ4v) is 3.50. The minimum absolute atomic E-state index is 0.0542. The van der Waals surface area contributed by atoms with Crippen LogP contribution < -0.4 is 14.8 Å². The van der Waals surface area contributed by atoms with Gasteiger partial charge in [0.25, 0.3) is 5.69 Å². The second-order valence-corrected chi connectivity index (χ2v) is 7.64. The highest BCUT2D eigenvalue weighted by Crippen LogP contribution is 2.37. The third kappa shape index (κ3) is 5.37. The average molecular weight is 471 g/mol. The third-order valence-electron chi connectivity index (χ3n) is 4.80. The number of halogens is 1. The van der Waals surface area contributed by atoms with E-state index in [0.717, 1.165) is 15.6 Å². The predicted molar refractivity (Wildman–Crippen MR) is 120 cm³/mol. The SMILES string of the molecule is COc1ccc(Br)c(CNC(C)c2ccccc2)c1OCc1ccc([N+](=O)[O-])cc1. The number of methoxy groups -OCH3 is 1. The smallest absolute Gasteiger partial charge is 0.269 e. The Morgan fingerprint density at radius 3 is 2.40 bits per heavy atom. The summed E-state index contributed by atoms with van der Waals surface area (Å²) in [5.74, 6) is 1.27. The Hall–Kier alpha value is -2.90. The van der Waals surface area contributed by atoms with E-state index in [4.69, 9.17) is 9.47 Å². The van der Waals surface area contributed by atoms with Crippen LogP contribution in [0.3, 0.4) is 0 Å². The van der Waals surface area contributed by atoms with Gasteiger partial charge in [-0.1, -0.05) is 46.3 Å². The fourth-order valence-electron chi connectivity index (χ4n) is 3.05. The maximum absolute atomic E-state index is 10.8. The highest BCUT2D eigenvalue weighted by molar-refractivity contribution is 9.10. The average Bonchev–Trinajstić information content (AvgIpc) is 2.77. The summed E-state index contributed by atoms with van der Waals surface area (Å²) >= 11 is 3.62. The maximum atomic E-state index is 10.8. The summed E-state index contributed by atoms with van der Waals surface area (Å²) in [5, 5.41) is 14.4. The van der Waals surface area contributed by atoms with Gasteiger partial charge in [0.2, 0.25) is 0 Å². The number of nitro groups is 1. The molecule has 0 saturated carbocycles. The van der Waals surface area contributed by atoms with Crippen molar-refractivity contribution in [3.05, 3.63) is 98.0 Å². The Morgan fingerprint density at radius 1 is 1.07 bits per heavy atom. The summed E-state index contributed by atoms with van der Waals surface area (Å²) in [7, 11) is 1.60. The van der Waals surface area contributed by atoms with Crippen molar-refractivity contribution < 1.29 is 14.4 Å². The molecular formula is C23H23BrN2O4. The van der Waals surface area contributed by atoms with E-state index in [2.05, 4.69) is 40.3 Å². The van der Waals surface area contributed by atoms with Gasteiger partial charge < -0.3 is 14.8 Å². The molecule has 0 bridgehead atoms. The number of non-ortho nitro benzene ring substituents is 1. The molecule has 3 aromatic rings. The lowest BCUT2D eigenvalue weighted by Crippen LogP contribution is -2.19. The first-order valence-electron chi connectivity index (χ1n) is 9.49. The highest BCUT2D eigenvalue weighted by Gasteiger charge is 2.16. The topological polar surface area (TPSA) is 73.6 Å². The molecular weight excluding hydrogens is 448 g/mol. The van der Waals surface area contributed by atoms with Crippen molar-refractivity contribution in [2.75, 3.05) is 7.11 Å². The lowest BCUT2D eigenvalue weighted by atomic mass is 10.1. The molecule has 3 aromatic carbocycles. The van der Waals surface area contributed by atoms with Gasteiger partial charge in [0, 0.05) is 34.8 Å². The van der Waals surface area contributed by atoms with Gasteiger partial charge in [-0.25, -0.2) is 0 Å². The van der Waals surface area contributed by atoms with E-state index in [9.17, 15) is 10.1 Å². The monoisotopic (exact) mass is 470 g/mol. The molecule has 0 aliphatic rings. The van der Waals surface area contributed by atoms with Crippen LogP contribution >= 0.6 is 15.9 Å². The van der Waals surface area contributed by atoms with Crippen molar-refractivity contribution in [3.63, 3.8) is 0 Å². The first-order valence-corrected chi connectivity index (χ1v) is 10.3. The van der Waals surface area contributed by atoms with Gasteiger partial charge in [0.15, 0.2) is 11.5 Å². The molecule has 0 aliphatic carbocycles. The van der Waals surface area contributed by atoms with Crippen LogP contribution in [0, 0.1) is 10.1 Å². The summed E-state index contributed by atoms with van der Waals surface area (Å²) in [6.07, 6.45) is 0. The molecule has 0 amide bonds. The Bertz CT molecular complexity index is 994. The number of rotatable bonds is 9. The highest BCUT2D eigenvalue weighted by atomic mass is 79.9. The van der Waals surface area contributed by atoms with Crippen LogP contribution in [0.15, 0.2) is 71.2 Å². The number of nitrogens with zero attached hydrogens (tertiary/aromatic N) is 1. The van der Waals surface area contributed by atoms with Gasteiger partial charge >= 0.3 is 0 Å². The van der Waals surface area contributed by atoms with E-state index in [1.54, 1.807) is 19.2 Å². The van der Waals surface area contributed by atoms with Crippen LogP contribution in [0.5, 0.6) is 11.5 Å². The Balaban J connectivity index is 1.77. The predicted octanol–water partition coefficient (Wildman–Crippen LogP) is 5.80. The molecule has 1 N–H and O–H groups in total. The van der Waals surface area contributed by atoms with Gasteiger partial charge in [0.05, 0.1) is 12.0 Å².